The number of carboxylic acids is 8. The van der Waals surface area contributed by atoms with Gasteiger partial charge in [0, 0.05) is 42.6 Å². The predicted molar refractivity (Wildman–Crippen MR) is 270 cm³/mol. The molecule has 28 heteroatoms. The van der Waals surface area contributed by atoms with E-state index in [0.717, 1.165) is 27.8 Å². The second kappa shape index (κ2) is 40.6. The van der Waals surface area contributed by atoms with Gasteiger partial charge in [0.05, 0.1) is 18.6 Å². The number of hydrogen-bond donors (Lipinski definition) is 18. The Bertz CT molecular complexity index is 2200. The highest BCUT2D eigenvalue weighted by Gasteiger charge is 2.16. The van der Waals surface area contributed by atoms with E-state index in [1.807, 2.05) is 80.9 Å². The van der Waals surface area contributed by atoms with Crippen molar-refractivity contribution < 1.29 is 84.3 Å². The Kier molecular flexibility index (Phi) is 39.0. The first-order valence-corrected chi connectivity index (χ1v) is 23.2. The zero-order valence-electron chi connectivity index (χ0n) is 40.6. The Morgan fingerprint density at radius 2 is 1.01 bits per heavy atom. The normalized spacial score (nSPS) is 12.9. The summed E-state index contributed by atoms with van der Waals surface area (Å²) in [6, 6.07) is 11.0. The highest BCUT2D eigenvalue weighted by Crippen LogP contribution is 2.18. The van der Waals surface area contributed by atoms with Crippen molar-refractivity contribution in [2.45, 2.75) is 101 Å². The molecule has 7 unspecified atom stereocenters. The third-order valence-electron chi connectivity index (χ3n) is 8.84. The fourth-order valence-corrected chi connectivity index (χ4v) is 5.24. The first-order chi connectivity index (χ1) is 34.0. The molecule has 0 aliphatic rings. The lowest BCUT2D eigenvalue weighted by Crippen LogP contribution is -2.33. The number of aliphatic hydroxyl groups is 1. The minimum Gasteiger partial charge on any atom is -0.481 e. The number of aliphatic carboxylic acids is 8. The number of nitrogens with one attached hydrogen (secondary N) is 2. The summed E-state index contributed by atoms with van der Waals surface area (Å²) in [6.45, 7) is 3.39. The van der Waals surface area contributed by atoms with Crippen LogP contribution >= 0.6 is 11.8 Å². The lowest BCUT2D eigenvalue weighted by atomic mass is 10.1. The van der Waals surface area contributed by atoms with E-state index in [1.54, 1.807) is 18.0 Å². The van der Waals surface area contributed by atoms with Crippen molar-refractivity contribution in [3.63, 3.8) is 0 Å². The van der Waals surface area contributed by atoms with Gasteiger partial charge in [0.1, 0.15) is 42.3 Å². The van der Waals surface area contributed by atoms with Crippen LogP contribution in [0.2, 0.25) is 0 Å². The second-order valence-corrected chi connectivity index (χ2v) is 16.6. The van der Waals surface area contributed by atoms with Crippen molar-refractivity contribution >= 4 is 70.4 Å². The summed E-state index contributed by atoms with van der Waals surface area (Å²) in [7, 11) is 0. The van der Waals surface area contributed by atoms with Crippen LogP contribution in [-0.4, -0.2) is 170 Å². The minimum absolute atomic E-state index is 0.0231. The Morgan fingerprint density at radius 3 is 1.41 bits per heavy atom. The molecule has 0 aliphatic carbocycles. The molecule has 2 aromatic carbocycles. The Labute approximate surface area is 424 Å². The number of para-hydroxylation sites is 1. The monoisotopic (exact) mass is 1060 g/mol. The first kappa shape index (κ1) is 70.2. The van der Waals surface area contributed by atoms with Crippen molar-refractivity contribution in [1.82, 2.24) is 15.0 Å². The van der Waals surface area contributed by atoms with Crippen molar-refractivity contribution in [2.24, 2.45) is 46.1 Å². The van der Waals surface area contributed by atoms with Gasteiger partial charge in [-0.3, -0.25) is 38.4 Å². The summed E-state index contributed by atoms with van der Waals surface area (Å²) in [4.78, 5) is 90.6. The number of nitrogens with two attached hydrogens (primary N) is 7. The quantitative estimate of drug-likeness (QED) is 0.0466. The number of carboxylic acid groups (broad SMARTS) is 8. The van der Waals surface area contributed by atoms with Crippen LogP contribution in [0.15, 0.2) is 73.3 Å². The molecule has 7 atom stereocenters. The molecular formula is C45H72N10O17S. The molecular weight excluding hydrogens is 985 g/mol. The zero-order valence-corrected chi connectivity index (χ0v) is 41.4. The Morgan fingerprint density at radius 1 is 0.562 bits per heavy atom. The van der Waals surface area contributed by atoms with Gasteiger partial charge in [-0.05, 0) is 60.8 Å². The Balaban J connectivity index is -0.000000794. The summed E-state index contributed by atoms with van der Waals surface area (Å²) < 4.78 is 0. The maximum atomic E-state index is 10.6. The topological polar surface area (TPSA) is 545 Å². The van der Waals surface area contributed by atoms with Crippen LogP contribution in [0.3, 0.4) is 0 Å². The van der Waals surface area contributed by atoms with Crippen LogP contribution in [-0.2, 0) is 57.6 Å². The van der Waals surface area contributed by atoms with Gasteiger partial charge in [-0.1, -0.05) is 62.4 Å². The van der Waals surface area contributed by atoms with Crippen LogP contribution in [0.5, 0.6) is 0 Å². The van der Waals surface area contributed by atoms with E-state index in [9.17, 15) is 38.4 Å². The average Bonchev–Trinajstić information content (AvgIpc) is 4.00. The number of rotatable bonds is 22. The summed E-state index contributed by atoms with van der Waals surface area (Å²) in [5.41, 5.74) is 39.8. The van der Waals surface area contributed by atoms with Gasteiger partial charge in [0.15, 0.2) is 0 Å². The van der Waals surface area contributed by atoms with Crippen LogP contribution in [0.1, 0.15) is 56.4 Å². The van der Waals surface area contributed by atoms with E-state index in [1.165, 1.54) is 6.33 Å². The number of aromatic nitrogens is 3. The SMILES string of the molecule is CC(C)CC(N)C(=O)O.CSCCC(N)C(=O)O.NC(CCC(=O)O)C(=O)O.NC(CO)C(=O)O.NC(Cc1c[nH]c2ccccc12)C(=O)O.NC(Cc1c[nH]cn1)C(=O)O.NC(Cc1ccccc1)C(=O)O. The zero-order chi connectivity index (χ0) is 56.8. The lowest BCUT2D eigenvalue weighted by molar-refractivity contribution is -0.141. The molecule has 0 aliphatic heterocycles. The van der Waals surface area contributed by atoms with Crippen molar-refractivity contribution in [3.8, 4) is 0 Å². The van der Waals surface area contributed by atoms with Crippen LogP contribution < -0.4 is 40.1 Å². The number of carbonyl (C=O) groups is 8. The Hall–Kier alpha value is -7.02. The van der Waals surface area contributed by atoms with Gasteiger partial charge in [-0.2, -0.15) is 11.8 Å². The van der Waals surface area contributed by atoms with Gasteiger partial charge in [0.2, 0.25) is 0 Å². The molecule has 0 radical (unpaired) electrons. The molecule has 0 saturated heterocycles. The number of aromatic amines is 2. The van der Waals surface area contributed by atoms with Gasteiger partial charge in [0.25, 0.3) is 0 Å². The molecule has 2 aromatic heterocycles. The first-order valence-electron chi connectivity index (χ1n) is 21.8. The molecule has 73 heavy (non-hydrogen) atoms. The fraction of sp³-hybridized carbons (Fsp3) is 0.444. The summed E-state index contributed by atoms with van der Waals surface area (Å²) >= 11 is 1.60. The molecule has 4 rings (SSSR count). The maximum Gasteiger partial charge on any atom is 0.322 e. The predicted octanol–water partition coefficient (Wildman–Crippen LogP) is -0.623. The highest BCUT2D eigenvalue weighted by atomic mass is 32.2. The van der Waals surface area contributed by atoms with Crippen LogP contribution in [0.4, 0.5) is 0 Å². The molecule has 0 amide bonds. The number of thioether (sulfide) groups is 1. The number of aliphatic hydroxyl groups excluding tert-OH is 1. The van der Waals surface area contributed by atoms with Crippen LogP contribution in [0, 0.1) is 5.92 Å². The number of nitrogens with zero attached hydrogens (tertiary/aromatic N) is 1. The molecule has 27 nitrogen and oxygen atoms in total. The smallest absolute Gasteiger partial charge is 0.322 e. The number of H-pyrrole nitrogens is 2. The van der Waals surface area contributed by atoms with Crippen molar-refractivity contribution in [1.29, 1.82) is 0 Å². The number of imidazole rings is 1. The van der Waals surface area contributed by atoms with E-state index in [4.69, 9.17) is 86.1 Å². The summed E-state index contributed by atoms with van der Waals surface area (Å²) in [5, 5.41) is 75.4. The average molecular weight is 1060 g/mol. The third-order valence-corrected chi connectivity index (χ3v) is 9.49. The van der Waals surface area contributed by atoms with Gasteiger partial charge in [-0.25, -0.2) is 4.98 Å². The molecule has 410 valence electrons. The fourth-order valence-electron chi connectivity index (χ4n) is 4.75. The molecule has 25 N–H and O–H groups in total. The maximum absolute atomic E-state index is 10.6. The largest absolute Gasteiger partial charge is 0.481 e. The molecule has 0 fully saturated rings. The third kappa shape index (κ3) is 37.4. The molecule has 0 spiro atoms. The van der Waals surface area contributed by atoms with E-state index in [0.29, 0.717) is 37.3 Å². The lowest BCUT2D eigenvalue weighted by Gasteiger charge is -2.07. The summed E-state index contributed by atoms with van der Waals surface area (Å²) in [6.07, 6.45) is 8.73. The van der Waals surface area contributed by atoms with Gasteiger partial charge >= 0.3 is 47.8 Å². The van der Waals surface area contributed by atoms with Crippen LogP contribution in [0.25, 0.3) is 10.9 Å². The highest BCUT2D eigenvalue weighted by molar-refractivity contribution is 7.98. The van der Waals surface area contributed by atoms with Gasteiger partial charge in [-0.15, -0.1) is 0 Å². The minimum atomic E-state index is -1.18. The molecule has 0 bridgehead atoms. The molecule has 0 saturated carbocycles. The van der Waals surface area contributed by atoms with E-state index in [2.05, 4.69) is 15.0 Å². The number of benzene rings is 2. The molecule has 4 aromatic rings. The molecule has 2 heterocycles. The van der Waals surface area contributed by atoms with Crippen molar-refractivity contribution in [3.05, 3.63) is 90.1 Å². The van der Waals surface area contributed by atoms with E-state index < -0.39 is 96.7 Å². The van der Waals surface area contributed by atoms with E-state index in [-0.39, 0.29) is 19.3 Å². The number of fused-ring (bicyclic) bond motifs is 1. The van der Waals surface area contributed by atoms with Gasteiger partial charge < -0.3 is 96.1 Å². The summed E-state index contributed by atoms with van der Waals surface area (Å²) in [5.74, 6) is -6.97. The van der Waals surface area contributed by atoms with E-state index >= 15 is 0 Å². The van der Waals surface area contributed by atoms with Crippen molar-refractivity contribution in [2.75, 3.05) is 18.6 Å². The number of hydrogen-bond acceptors (Lipinski definition) is 18. The second-order valence-electron chi connectivity index (χ2n) is 15.7. The standard InChI is InChI=1S/C11H12N2O2.C9H11NO2.C6H9N3O2.C6H13NO2.C5H9NO4.C5H11NO2S.C3H7NO3/c12-9(11(14)15)5-7-6-13-10-4-2-1-3-8(7)10;10-8(9(11)12)6-7-4-2-1-3-5-7;7-5(6(10)11)1-4-2-8-3-9-4;1-4(2)3-5(7)6(8)9;6-3(5(9)10)1-2-4(7)8;1-9-3-2-4(6)5(7)8;4-2(1-5)3(6)7/h1-4,6,9,13H,5,12H2,(H,14,15);1-5,8H,6,10H2,(H,11,12);2-3,5H,1,7H2,(H,8,9)(H,10,11);4-5H,3,7H2,1-2H3,(H,8,9);3H,1-2,6H2,(H,7,8)(H,9,10);4H,2-3,6H2,1H3,(H,7,8);2,5H,1,4H2,(H,6,7).